The highest BCUT2D eigenvalue weighted by atomic mass is 16.5. The largest absolute Gasteiger partial charge is 0.494 e. The Hall–Kier alpha value is -1.73. The summed E-state index contributed by atoms with van der Waals surface area (Å²) in [6.07, 6.45) is 0.989. The van der Waals surface area contributed by atoms with Crippen LogP contribution in [0.25, 0.3) is 0 Å². The minimum atomic E-state index is -0.295. The van der Waals surface area contributed by atoms with Gasteiger partial charge in [0.2, 0.25) is 0 Å². The SMILES string of the molecule is CCCOc1ccc(OCC(C#N)NC(C)C)cc1. The lowest BCUT2D eigenvalue weighted by Crippen LogP contribution is -2.37. The van der Waals surface area contributed by atoms with Crippen molar-refractivity contribution in [3.63, 3.8) is 0 Å². The van der Waals surface area contributed by atoms with Crippen molar-refractivity contribution in [1.29, 1.82) is 5.26 Å². The highest BCUT2D eigenvalue weighted by Gasteiger charge is 2.09. The van der Waals surface area contributed by atoms with Gasteiger partial charge in [-0.1, -0.05) is 6.92 Å². The summed E-state index contributed by atoms with van der Waals surface area (Å²) in [4.78, 5) is 0. The lowest BCUT2D eigenvalue weighted by atomic mass is 10.3. The van der Waals surface area contributed by atoms with E-state index in [9.17, 15) is 0 Å². The van der Waals surface area contributed by atoms with Crippen molar-refractivity contribution in [1.82, 2.24) is 5.32 Å². The number of benzene rings is 1. The maximum absolute atomic E-state index is 8.98. The molecule has 0 saturated heterocycles. The molecule has 1 atom stereocenters. The number of hydrogen-bond acceptors (Lipinski definition) is 4. The molecule has 1 N–H and O–H groups in total. The van der Waals surface area contributed by atoms with Crippen LogP contribution in [-0.2, 0) is 0 Å². The Morgan fingerprint density at radius 1 is 1.16 bits per heavy atom. The molecule has 1 aromatic rings. The molecule has 0 aliphatic rings. The summed E-state index contributed by atoms with van der Waals surface area (Å²) in [6.45, 7) is 7.13. The van der Waals surface area contributed by atoms with Gasteiger partial charge in [-0.3, -0.25) is 5.32 Å². The third kappa shape index (κ3) is 6.12. The molecule has 4 heteroatoms. The molecule has 1 rings (SSSR count). The van der Waals surface area contributed by atoms with E-state index in [1.54, 1.807) is 0 Å². The van der Waals surface area contributed by atoms with Gasteiger partial charge in [0.1, 0.15) is 24.1 Å². The second kappa shape index (κ2) is 8.39. The monoisotopic (exact) mass is 262 g/mol. The van der Waals surface area contributed by atoms with Gasteiger partial charge < -0.3 is 9.47 Å². The van der Waals surface area contributed by atoms with E-state index in [1.807, 2.05) is 38.1 Å². The Kier molecular flexibility index (Phi) is 6.76. The molecule has 19 heavy (non-hydrogen) atoms. The topological polar surface area (TPSA) is 54.3 Å². The highest BCUT2D eigenvalue weighted by molar-refractivity contribution is 5.31. The van der Waals surface area contributed by atoms with Gasteiger partial charge in [-0.05, 0) is 44.5 Å². The van der Waals surface area contributed by atoms with Crippen molar-refractivity contribution in [2.24, 2.45) is 0 Å². The van der Waals surface area contributed by atoms with Crippen molar-refractivity contribution in [2.75, 3.05) is 13.2 Å². The van der Waals surface area contributed by atoms with Crippen LogP contribution in [0.1, 0.15) is 27.2 Å². The van der Waals surface area contributed by atoms with Gasteiger partial charge in [-0.25, -0.2) is 0 Å². The Morgan fingerprint density at radius 2 is 1.74 bits per heavy atom. The Labute approximate surface area is 115 Å². The lowest BCUT2D eigenvalue weighted by Gasteiger charge is -2.15. The second-order valence-corrected chi connectivity index (χ2v) is 4.63. The number of ether oxygens (including phenoxy) is 2. The first kappa shape index (κ1) is 15.3. The van der Waals surface area contributed by atoms with Crippen molar-refractivity contribution in [3.05, 3.63) is 24.3 Å². The quantitative estimate of drug-likeness (QED) is 0.782. The molecular weight excluding hydrogens is 240 g/mol. The first-order valence-corrected chi connectivity index (χ1v) is 6.67. The van der Waals surface area contributed by atoms with Gasteiger partial charge in [0, 0.05) is 6.04 Å². The third-order valence-electron chi connectivity index (χ3n) is 2.40. The van der Waals surface area contributed by atoms with Crippen LogP contribution in [0.2, 0.25) is 0 Å². The number of nitrogens with zero attached hydrogens (tertiary/aromatic N) is 1. The lowest BCUT2D eigenvalue weighted by molar-refractivity contribution is 0.281. The molecule has 1 aromatic carbocycles. The van der Waals surface area contributed by atoms with Crippen molar-refractivity contribution in [3.8, 4) is 17.6 Å². The van der Waals surface area contributed by atoms with E-state index >= 15 is 0 Å². The molecule has 0 aliphatic carbocycles. The van der Waals surface area contributed by atoms with E-state index in [0.717, 1.165) is 24.5 Å². The molecule has 4 nitrogen and oxygen atoms in total. The minimum absolute atomic E-state index is 0.262. The van der Waals surface area contributed by atoms with Crippen LogP contribution in [0.15, 0.2) is 24.3 Å². The first-order valence-electron chi connectivity index (χ1n) is 6.67. The summed E-state index contributed by atoms with van der Waals surface area (Å²) >= 11 is 0. The van der Waals surface area contributed by atoms with Crippen molar-refractivity contribution >= 4 is 0 Å². The molecule has 1 unspecified atom stereocenters. The summed E-state index contributed by atoms with van der Waals surface area (Å²) < 4.78 is 11.1. The fourth-order valence-corrected chi connectivity index (χ4v) is 1.56. The molecule has 0 radical (unpaired) electrons. The molecule has 0 heterocycles. The number of nitriles is 1. The zero-order chi connectivity index (χ0) is 14.1. The molecule has 0 saturated carbocycles. The van der Waals surface area contributed by atoms with Gasteiger partial charge in [0.15, 0.2) is 0 Å². The minimum Gasteiger partial charge on any atom is -0.494 e. The molecule has 0 spiro atoms. The second-order valence-electron chi connectivity index (χ2n) is 4.63. The van der Waals surface area contributed by atoms with Gasteiger partial charge in [0.05, 0.1) is 12.7 Å². The standard InChI is InChI=1S/C15H22N2O2/c1-4-9-18-14-5-7-15(8-6-14)19-11-13(10-16)17-12(2)3/h5-8,12-13,17H,4,9,11H2,1-3H3. The third-order valence-corrected chi connectivity index (χ3v) is 2.40. The smallest absolute Gasteiger partial charge is 0.130 e. The first-order chi connectivity index (χ1) is 9.15. The van der Waals surface area contributed by atoms with Crippen LogP contribution in [-0.4, -0.2) is 25.3 Å². The maximum Gasteiger partial charge on any atom is 0.130 e. The molecule has 0 aromatic heterocycles. The molecule has 0 bridgehead atoms. The predicted octanol–water partition coefficient (Wildman–Crippen LogP) is 2.74. The van der Waals surface area contributed by atoms with Gasteiger partial charge in [-0.2, -0.15) is 5.26 Å². The summed E-state index contributed by atoms with van der Waals surface area (Å²) in [5.74, 6) is 1.58. The molecular formula is C15H22N2O2. The van der Waals surface area contributed by atoms with Gasteiger partial charge in [-0.15, -0.1) is 0 Å². The maximum atomic E-state index is 8.98. The summed E-state index contributed by atoms with van der Waals surface area (Å²) in [6, 6.07) is 9.62. The van der Waals surface area contributed by atoms with E-state index in [0.29, 0.717) is 6.61 Å². The predicted molar refractivity (Wildman–Crippen MR) is 75.4 cm³/mol. The number of hydrogen-bond donors (Lipinski definition) is 1. The Bertz CT molecular complexity index is 396. The zero-order valence-electron chi connectivity index (χ0n) is 11.8. The summed E-state index contributed by atoms with van der Waals surface area (Å²) in [5.41, 5.74) is 0. The van der Waals surface area contributed by atoms with Crippen LogP contribution in [0.5, 0.6) is 11.5 Å². The van der Waals surface area contributed by atoms with E-state index in [4.69, 9.17) is 14.7 Å². The average molecular weight is 262 g/mol. The van der Waals surface area contributed by atoms with E-state index in [1.165, 1.54) is 0 Å². The van der Waals surface area contributed by atoms with Crippen LogP contribution >= 0.6 is 0 Å². The molecule has 0 amide bonds. The zero-order valence-corrected chi connectivity index (χ0v) is 11.8. The fourth-order valence-electron chi connectivity index (χ4n) is 1.56. The number of rotatable bonds is 8. The van der Waals surface area contributed by atoms with Crippen LogP contribution < -0.4 is 14.8 Å². The van der Waals surface area contributed by atoms with E-state index in [2.05, 4.69) is 18.3 Å². The average Bonchev–Trinajstić information content (AvgIpc) is 2.42. The highest BCUT2D eigenvalue weighted by Crippen LogP contribution is 2.17. The van der Waals surface area contributed by atoms with E-state index in [-0.39, 0.29) is 12.1 Å². The van der Waals surface area contributed by atoms with Crippen LogP contribution in [0.4, 0.5) is 0 Å². The Balaban J connectivity index is 2.42. The molecule has 0 aliphatic heterocycles. The summed E-state index contributed by atoms with van der Waals surface area (Å²) in [7, 11) is 0. The molecule has 0 fully saturated rings. The normalized spacial score (nSPS) is 11.9. The van der Waals surface area contributed by atoms with Crippen LogP contribution in [0, 0.1) is 11.3 Å². The van der Waals surface area contributed by atoms with Gasteiger partial charge in [0.25, 0.3) is 0 Å². The summed E-state index contributed by atoms with van der Waals surface area (Å²) in [5, 5.41) is 12.1. The fraction of sp³-hybridized carbons (Fsp3) is 0.533. The Morgan fingerprint density at radius 3 is 2.21 bits per heavy atom. The van der Waals surface area contributed by atoms with Gasteiger partial charge >= 0.3 is 0 Å². The van der Waals surface area contributed by atoms with Crippen molar-refractivity contribution in [2.45, 2.75) is 39.3 Å². The van der Waals surface area contributed by atoms with E-state index < -0.39 is 0 Å². The van der Waals surface area contributed by atoms with Crippen molar-refractivity contribution < 1.29 is 9.47 Å². The molecule has 104 valence electrons. The number of nitrogens with one attached hydrogen (secondary N) is 1. The van der Waals surface area contributed by atoms with Crippen LogP contribution in [0.3, 0.4) is 0 Å².